The van der Waals surface area contributed by atoms with Gasteiger partial charge in [-0.2, -0.15) is 0 Å². The first-order chi connectivity index (χ1) is 7.86. The van der Waals surface area contributed by atoms with E-state index in [0.717, 1.165) is 11.8 Å². The van der Waals surface area contributed by atoms with E-state index >= 15 is 0 Å². The van der Waals surface area contributed by atoms with Crippen LogP contribution in [0, 0.1) is 11.8 Å². The third kappa shape index (κ3) is 2.00. The molecule has 0 amide bonds. The number of hydrogen-bond donors (Lipinski definition) is 1. The second-order valence-corrected chi connectivity index (χ2v) is 5.25. The molecule has 2 heteroatoms. The van der Waals surface area contributed by atoms with Gasteiger partial charge in [0.2, 0.25) is 0 Å². The zero-order chi connectivity index (χ0) is 11.0. The number of fused-ring (bicyclic) bond motifs is 1. The Kier molecular flexibility index (Phi) is 2.70. The largest absolute Gasteiger partial charge is 0.319 e. The second-order valence-electron chi connectivity index (χ2n) is 5.25. The Bertz CT molecular complexity index is 350. The maximum Gasteiger partial charge on any atom is 0.0240 e. The predicted octanol–water partition coefficient (Wildman–Crippen LogP) is 1.86. The molecule has 1 N–H and O–H groups in total. The molecule has 0 aromatic heterocycles. The molecular weight excluding hydrogens is 196 g/mol. The molecule has 0 saturated heterocycles. The van der Waals surface area contributed by atoms with E-state index in [1.54, 1.807) is 0 Å². The average molecular weight is 216 g/mol. The number of hydrogen-bond acceptors (Lipinski definition) is 2. The van der Waals surface area contributed by atoms with Gasteiger partial charge >= 0.3 is 0 Å². The number of nitrogens with one attached hydrogen (secondary N) is 1. The van der Waals surface area contributed by atoms with Crippen LogP contribution in [-0.2, 0) is 13.1 Å². The molecule has 16 heavy (non-hydrogen) atoms. The molecule has 1 aliphatic carbocycles. The molecule has 2 aliphatic rings. The normalized spacial score (nSPS) is 28.1. The second kappa shape index (κ2) is 4.19. The van der Waals surface area contributed by atoms with Gasteiger partial charge in [0, 0.05) is 19.6 Å². The Morgan fingerprint density at radius 1 is 1.19 bits per heavy atom. The van der Waals surface area contributed by atoms with Gasteiger partial charge in [0.05, 0.1) is 0 Å². The number of benzene rings is 1. The first kappa shape index (κ1) is 10.3. The highest BCUT2D eigenvalue weighted by atomic mass is 15.1. The minimum Gasteiger partial charge on any atom is -0.319 e. The van der Waals surface area contributed by atoms with Crippen molar-refractivity contribution in [3.8, 4) is 0 Å². The zero-order valence-corrected chi connectivity index (χ0v) is 9.95. The summed E-state index contributed by atoms with van der Waals surface area (Å²) in [4.78, 5) is 2.60. The van der Waals surface area contributed by atoms with Crippen molar-refractivity contribution in [2.24, 2.45) is 11.8 Å². The monoisotopic (exact) mass is 216 g/mol. The maximum absolute atomic E-state index is 3.28. The van der Waals surface area contributed by atoms with Crippen molar-refractivity contribution in [1.82, 2.24) is 10.2 Å². The molecule has 3 rings (SSSR count). The lowest BCUT2D eigenvalue weighted by molar-refractivity contribution is 0.266. The molecular formula is C14H20N2. The quantitative estimate of drug-likeness (QED) is 0.826. The van der Waals surface area contributed by atoms with Crippen LogP contribution in [0.1, 0.15) is 17.5 Å². The van der Waals surface area contributed by atoms with Gasteiger partial charge in [-0.05, 0) is 43.0 Å². The summed E-state index contributed by atoms with van der Waals surface area (Å²) in [5.41, 5.74) is 3.07. The summed E-state index contributed by atoms with van der Waals surface area (Å²) in [5.74, 6) is 1.88. The average Bonchev–Trinajstić information content (AvgIpc) is 2.88. The highest BCUT2D eigenvalue weighted by molar-refractivity contribution is 5.30. The van der Waals surface area contributed by atoms with Crippen LogP contribution < -0.4 is 5.32 Å². The summed E-state index contributed by atoms with van der Waals surface area (Å²) in [6.07, 6.45) is 1.42. The van der Waals surface area contributed by atoms with Crippen molar-refractivity contribution in [3.63, 3.8) is 0 Å². The first-order valence-corrected chi connectivity index (χ1v) is 6.30. The van der Waals surface area contributed by atoms with Crippen LogP contribution in [0.15, 0.2) is 24.3 Å². The molecule has 2 nitrogen and oxygen atoms in total. The molecule has 0 radical (unpaired) electrons. The van der Waals surface area contributed by atoms with Gasteiger partial charge in [0.1, 0.15) is 0 Å². The van der Waals surface area contributed by atoms with Gasteiger partial charge < -0.3 is 5.32 Å². The van der Waals surface area contributed by atoms with Crippen LogP contribution in [-0.4, -0.2) is 25.0 Å². The smallest absolute Gasteiger partial charge is 0.0240 e. The van der Waals surface area contributed by atoms with Crippen molar-refractivity contribution < 1.29 is 0 Å². The Balaban J connectivity index is 1.53. The molecule has 1 saturated carbocycles. The van der Waals surface area contributed by atoms with Gasteiger partial charge in [-0.15, -0.1) is 0 Å². The third-order valence-corrected chi connectivity index (χ3v) is 3.93. The molecule has 0 bridgehead atoms. The lowest BCUT2D eigenvalue weighted by Gasteiger charge is -2.14. The molecule has 2 atom stereocenters. The lowest BCUT2D eigenvalue weighted by atomic mass is 10.1. The van der Waals surface area contributed by atoms with Crippen molar-refractivity contribution in [1.29, 1.82) is 0 Å². The fraction of sp³-hybridized carbons (Fsp3) is 0.571. The van der Waals surface area contributed by atoms with Gasteiger partial charge in [-0.1, -0.05) is 24.3 Å². The van der Waals surface area contributed by atoms with E-state index < -0.39 is 0 Å². The summed E-state index contributed by atoms with van der Waals surface area (Å²) >= 11 is 0. The van der Waals surface area contributed by atoms with Crippen LogP contribution in [0.5, 0.6) is 0 Å². The number of nitrogens with zero attached hydrogens (tertiary/aromatic N) is 1. The predicted molar refractivity (Wildman–Crippen MR) is 66.1 cm³/mol. The number of rotatable bonds is 4. The first-order valence-electron chi connectivity index (χ1n) is 6.30. The fourth-order valence-corrected chi connectivity index (χ4v) is 2.91. The Morgan fingerprint density at radius 2 is 1.88 bits per heavy atom. The Hall–Kier alpha value is -0.860. The van der Waals surface area contributed by atoms with Crippen molar-refractivity contribution in [2.75, 3.05) is 20.1 Å². The molecule has 86 valence electrons. The molecule has 1 heterocycles. The minimum atomic E-state index is 0.939. The Labute approximate surface area is 97.6 Å². The highest BCUT2D eigenvalue weighted by Crippen LogP contribution is 2.39. The van der Waals surface area contributed by atoms with Crippen molar-refractivity contribution in [3.05, 3.63) is 35.4 Å². The van der Waals surface area contributed by atoms with Crippen LogP contribution >= 0.6 is 0 Å². The van der Waals surface area contributed by atoms with E-state index in [1.165, 1.54) is 43.7 Å². The lowest BCUT2D eigenvalue weighted by Crippen LogP contribution is -2.21. The topological polar surface area (TPSA) is 15.3 Å². The van der Waals surface area contributed by atoms with E-state index in [0.29, 0.717) is 0 Å². The summed E-state index contributed by atoms with van der Waals surface area (Å²) < 4.78 is 0. The zero-order valence-electron chi connectivity index (χ0n) is 9.95. The summed E-state index contributed by atoms with van der Waals surface area (Å²) in [6, 6.07) is 8.85. The van der Waals surface area contributed by atoms with E-state index in [9.17, 15) is 0 Å². The van der Waals surface area contributed by atoms with E-state index in [2.05, 4.69) is 41.5 Å². The SMILES string of the molecule is CNC[C@H]1C[C@@H]1CN1Cc2ccccc2C1. The van der Waals surface area contributed by atoms with Crippen LogP contribution in [0.3, 0.4) is 0 Å². The van der Waals surface area contributed by atoms with Gasteiger partial charge in [0.15, 0.2) is 0 Å². The van der Waals surface area contributed by atoms with Gasteiger partial charge in [-0.25, -0.2) is 0 Å². The van der Waals surface area contributed by atoms with Crippen LogP contribution in [0.25, 0.3) is 0 Å². The summed E-state index contributed by atoms with van der Waals surface area (Å²) in [7, 11) is 2.06. The maximum atomic E-state index is 3.28. The molecule has 0 spiro atoms. The molecule has 1 aromatic carbocycles. The van der Waals surface area contributed by atoms with Crippen LogP contribution in [0.2, 0.25) is 0 Å². The van der Waals surface area contributed by atoms with Crippen molar-refractivity contribution in [2.45, 2.75) is 19.5 Å². The highest BCUT2D eigenvalue weighted by Gasteiger charge is 2.38. The van der Waals surface area contributed by atoms with Gasteiger partial charge in [-0.3, -0.25) is 4.90 Å². The van der Waals surface area contributed by atoms with E-state index in [4.69, 9.17) is 0 Å². The minimum absolute atomic E-state index is 0.939. The fourth-order valence-electron chi connectivity index (χ4n) is 2.91. The molecule has 1 fully saturated rings. The Morgan fingerprint density at radius 3 is 2.50 bits per heavy atom. The molecule has 1 aromatic rings. The summed E-state index contributed by atoms with van der Waals surface area (Å²) in [5, 5.41) is 3.28. The third-order valence-electron chi connectivity index (χ3n) is 3.93. The summed E-state index contributed by atoms with van der Waals surface area (Å²) in [6.45, 7) is 4.82. The molecule has 0 unspecified atom stereocenters. The van der Waals surface area contributed by atoms with Crippen LogP contribution in [0.4, 0.5) is 0 Å². The standard InChI is InChI=1S/C14H20N2/c1-15-7-13-6-14(13)10-16-8-11-4-2-3-5-12(11)9-16/h2-5,13-15H,6-10H2,1H3/t13-,14-/m1/s1. The molecule has 1 aliphatic heterocycles. The van der Waals surface area contributed by atoms with Gasteiger partial charge in [0.25, 0.3) is 0 Å². The van der Waals surface area contributed by atoms with E-state index in [1.807, 2.05) is 0 Å². The van der Waals surface area contributed by atoms with E-state index in [-0.39, 0.29) is 0 Å². The van der Waals surface area contributed by atoms with Crippen molar-refractivity contribution >= 4 is 0 Å².